The number of likely N-dealkylation sites (N-methyl/N-ethyl adjacent to an activating group) is 1. The molecule has 32 heavy (non-hydrogen) atoms. The van der Waals surface area contributed by atoms with Crippen LogP contribution in [-0.2, 0) is 4.79 Å². The predicted molar refractivity (Wildman–Crippen MR) is 131 cm³/mol. The zero-order chi connectivity index (χ0) is 22.8. The van der Waals surface area contributed by atoms with E-state index < -0.39 is 0 Å². The third-order valence-corrected chi connectivity index (χ3v) is 6.99. The van der Waals surface area contributed by atoms with Gasteiger partial charge in [0.15, 0.2) is 5.84 Å². The molecule has 4 rings (SSSR count). The minimum absolute atomic E-state index is 0.166. The number of hydrogen-bond acceptors (Lipinski definition) is 3. The van der Waals surface area contributed by atoms with Crippen molar-refractivity contribution < 1.29 is 4.79 Å². The summed E-state index contributed by atoms with van der Waals surface area (Å²) in [4.78, 5) is 30.5. The number of piperazine rings is 1. The Kier molecular flexibility index (Phi) is 6.49. The first-order valence-corrected chi connectivity index (χ1v) is 11.9. The maximum atomic E-state index is 13.3. The van der Waals surface area contributed by atoms with E-state index in [1.54, 1.807) is 4.90 Å². The summed E-state index contributed by atoms with van der Waals surface area (Å²) in [6, 6.07) is 4.39. The first kappa shape index (κ1) is 22.3. The second-order valence-corrected chi connectivity index (χ2v) is 8.90. The SMILES string of the molecule is CC=C1C(=NC(=C(C)CC)c2cnc3[nH]ccc3c2)N(C2CCCC2)C(CC)C(=O)N1C. The van der Waals surface area contributed by atoms with Crippen LogP contribution in [0.15, 0.2) is 46.9 Å². The van der Waals surface area contributed by atoms with Crippen LogP contribution in [0.2, 0.25) is 0 Å². The number of rotatable bonds is 5. The Morgan fingerprint density at radius 3 is 2.72 bits per heavy atom. The fourth-order valence-corrected chi connectivity index (χ4v) is 5.06. The normalized spacial score (nSPS) is 23.7. The molecule has 0 aromatic carbocycles. The molecule has 1 saturated heterocycles. The molecule has 2 aliphatic rings. The number of carbonyl (C=O) groups is 1. The van der Waals surface area contributed by atoms with Crippen LogP contribution in [0.1, 0.15) is 71.8 Å². The monoisotopic (exact) mass is 433 g/mol. The maximum absolute atomic E-state index is 13.3. The van der Waals surface area contributed by atoms with Crippen molar-refractivity contribution in [2.24, 2.45) is 4.99 Å². The number of amidine groups is 1. The standard InChI is InChI=1S/C26H35N5O/c1-6-17(4)23(19-15-18-13-14-27-24(18)28-16-19)29-25-21(7-2)30(5)26(32)22(8-3)31(25)20-11-9-10-12-20/h7,13-16,20,22H,6,8-12H2,1-5H3,(H,27,28). The summed E-state index contributed by atoms with van der Waals surface area (Å²) in [5.41, 5.74) is 4.95. The van der Waals surface area contributed by atoms with Gasteiger partial charge < -0.3 is 14.8 Å². The first-order chi connectivity index (χ1) is 15.5. The number of amides is 1. The van der Waals surface area contributed by atoms with Crippen LogP contribution in [0.4, 0.5) is 0 Å². The van der Waals surface area contributed by atoms with E-state index >= 15 is 0 Å². The lowest BCUT2D eigenvalue weighted by Crippen LogP contribution is -2.60. The minimum Gasteiger partial charge on any atom is -0.346 e. The van der Waals surface area contributed by atoms with Crippen molar-refractivity contribution in [1.29, 1.82) is 0 Å². The third-order valence-electron chi connectivity index (χ3n) is 6.99. The molecule has 0 spiro atoms. The van der Waals surface area contributed by atoms with Gasteiger partial charge in [-0.1, -0.05) is 32.8 Å². The van der Waals surface area contributed by atoms with Crippen LogP contribution < -0.4 is 0 Å². The molecule has 0 bridgehead atoms. The summed E-state index contributed by atoms with van der Waals surface area (Å²) in [6.45, 7) is 8.41. The number of nitrogens with zero attached hydrogens (tertiary/aromatic N) is 4. The topological polar surface area (TPSA) is 64.6 Å². The van der Waals surface area contributed by atoms with Crippen molar-refractivity contribution in [3.05, 3.63) is 47.4 Å². The third kappa shape index (κ3) is 3.87. The van der Waals surface area contributed by atoms with Crippen molar-refractivity contribution in [2.75, 3.05) is 7.05 Å². The molecular formula is C26H35N5O. The molecule has 2 fully saturated rings. The Balaban J connectivity index is 1.90. The van der Waals surface area contributed by atoms with Gasteiger partial charge in [-0.2, -0.15) is 0 Å². The number of aromatic amines is 1. The number of H-pyrrole nitrogens is 1. The Labute approximate surface area is 191 Å². The molecule has 2 aromatic heterocycles. The Morgan fingerprint density at radius 1 is 1.31 bits per heavy atom. The average molecular weight is 434 g/mol. The summed E-state index contributed by atoms with van der Waals surface area (Å²) in [5.74, 6) is 1.09. The van der Waals surface area contributed by atoms with E-state index in [1.807, 2.05) is 38.5 Å². The van der Waals surface area contributed by atoms with Gasteiger partial charge in [-0.3, -0.25) is 4.79 Å². The van der Waals surface area contributed by atoms with Crippen LogP contribution in [-0.4, -0.2) is 50.6 Å². The van der Waals surface area contributed by atoms with E-state index in [4.69, 9.17) is 4.99 Å². The molecule has 1 atom stereocenters. The molecule has 2 aromatic rings. The van der Waals surface area contributed by atoms with Crippen LogP contribution in [0.5, 0.6) is 0 Å². The van der Waals surface area contributed by atoms with Gasteiger partial charge in [0.25, 0.3) is 0 Å². The van der Waals surface area contributed by atoms with Gasteiger partial charge in [0.1, 0.15) is 11.7 Å². The van der Waals surface area contributed by atoms with E-state index in [2.05, 4.69) is 41.7 Å². The molecule has 1 saturated carbocycles. The molecule has 1 amide bonds. The molecule has 1 aliphatic heterocycles. The summed E-state index contributed by atoms with van der Waals surface area (Å²) in [6.07, 6.45) is 12.2. The quantitative estimate of drug-likeness (QED) is 0.677. The highest BCUT2D eigenvalue weighted by Gasteiger charge is 2.42. The molecule has 3 heterocycles. The molecular weight excluding hydrogens is 398 g/mol. The predicted octanol–water partition coefficient (Wildman–Crippen LogP) is 5.50. The largest absolute Gasteiger partial charge is 0.346 e. The van der Waals surface area contributed by atoms with Crippen molar-refractivity contribution in [3.8, 4) is 0 Å². The highest BCUT2D eigenvalue weighted by molar-refractivity contribution is 6.09. The average Bonchev–Trinajstić information content (AvgIpc) is 3.50. The number of hydrogen-bond donors (Lipinski definition) is 1. The molecule has 0 radical (unpaired) electrons. The molecule has 6 nitrogen and oxygen atoms in total. The number of nitrogens with one attached hydrogen (secondary N) is 1. The summed E-state index contributed by atoms with van der Waals surface area (Å²) in [7, 11) is 1.88. The zero-order valence-corrected chi connectivity index (χ0v) is 20.0. The molecule has 1 unspecified atom stereocenters. The lowest BCUT2D eigenvalue weighted by molar-refractivity contribution is -0.134. The summed E-state index contributed by atoms with van der Waals surface area (Å²) < 4.78 is 0. The number of carbonyl (C=O) groups excluding carboxylic acids is 1. The van der Waals surface area contributed by atoms with Crippen LogP contribution in [0.25, 0.3) is 16.7 Å². The highest BCUT2D eigenvalue weighted by Crippen LogP contribution is 2.34. The smallest absolute Gasteiger partial charge is 0.249 e. The lowest BCUT2D eigenvalue weighted by atomic mass is 10.0. The van der Waals surface area contributed by atoms with Gasteiger partial charge in [-0.25, -0.2) is 9.98 Å². The van der Waals surface area contributed by atoms with Crippen molar-refractivity contribution in [1.82, 2.24) is 19.8 Å². The number of fused-ring (bicyclic) bond motifs is 1. The second kappa shape index (κ2) is 9.31. The fraction of sp³-hybridized carbons (Fsp3) is 0.500. The van der Waals surface area contributed by atoms with E-state index in [0.29, 0.717) is 6.04 Å². The van der Waals surface area contributed by atoms with Gasteiger partial charge in [0, 0.05) is 36.4 Å². The van der Waals surface area contributed by atoms with E-state index in [9.17, 15) is 4.79 Å². The number of aromatic nitrogens is 2. The molecule has 1 aliphatic carbocycles. The molecule has 1 N–H and O–H groups in total. The number of allylic oxidation sites excluding steroid dienone is 2. The van der Waals surface area contributed by atoms with Crippen LogP contribution in [0.3, 0.4) is 0 Å². The van der Waals surface area contributed by atoms with Crippen LogP contribution in [0, 0.1) is 0 Å². The van der Waals surface area contributed by atoms with E-state index in [0.717, 1.165) is 59.5 Å². The fourth-order valence-electron chi connectivity index (χ4n) is 5.06. The minimum atomic E-state index is -0.168. The van der Waals surface area contributed by atoms with Gasteiger partial charge in [-0.15, -0.1) is 0 Å². The lowest BCUT2D eigenvalue weighted by Gasteiger charge is -2.45. The summed E-state index contributed by atoms with van der Waals surface area (Å²) in [5, 5.41) is 1.07. The van der Waals surface area contributed by atoms with Crippen molar-refractivity contribution in [2.45, 2.75) is 78.3 Å². The maximum Gasteiger partial charge on any atom is 0.249 e. The molecule has 170 valence electrons. The Bertz CT molecular complexity index is 1090. The Hall–Kier alpha value is -2.89. The Morgan fingerprint density at radius 2 is 2.06 bits per heavy atom. The van der Waals surface area contributed by atoms with Gasteiger partial charge >= 0.3 is 0 Å². The van der Waals surface area contributed by atoms with E-state index in [-0.39, 0.29) is 11.9 Å². The number of pyridine rings is 1. The summed E-state index contributed by atoms with van der Waals surface area (Å²) >= 11 is 0. The first-order valence-electron chi connectivity index (χ1n) is 11.9. The van der Waals surface area contributed by atoms with Crippen molar-refractivity contribution in [3.63, 3.8) is 0 Å². The number of aliphatic imine (C=N–C) groups is 1. The van der Waals surface area contributed by atoms with Crippen LogP contribution >= 0.6 is 0 Å². The van der Waals surface area contributed by atoms with Crippen molar-refractivity contribution >= 4 is 28.5 Å². The molecule has 6 heteroatoms. The van der Waals surface area contributed by atoms with Gasteiger partial charge in [0.05, 0.1) is 11.4 Å². The highest BCUT2D eigenvalue weighted by atomic mass is 16.2. The van der Waals surface area contributed by atoms with Gasteiger partial charge in [0.2, 0.25) is 5.91 Å². The zero-order valence-electron chi connectivity index (χ0n) is 20.0. The van der Waals surface area contributed by atoms with Gasteiger partial charge in [-0.05, 0) is 57.2 Å². The second-order valence-electron chi connectivity index (χ2n) is 8.90. The van der Waals surface area contributed by atoms with E-state index in [1.165, 1.54) is 18.4 Å².